The number of nitrogens with one attached hydrogen (secondary N) is 1. The normalized spacial score (nSPS) is 19.6. The molecule has 7 heteroatoms. The summed E-state index contributed by atoms with van der Waals surface area (Å²) in [6.45, 7) is 0.875. The second kappa shape index (κ2) is 6.07. The third-order valence-electron chi connectivity index (χ3n) is 4.65. The number of hydrogen-bond donors (Lipinski definition) is 1. The van der Waals surface area contributed by atoms with Crippen molar-refractivity contribution in [3.05, 3.63) is 42.0 Å². The van der Waals surface area contributed by atoms with Crippen LogP contribution in [0.25, 0.3) is 0 Å². The summed E-state index contributed by atoms with van der Waals surface area (Å²) >= 11 is 0. The Kier molecular flexibility index (Phi) is 3.76. The molecular weight excluding hydrogens is 306 g/mol. The van der Waals surface area contributed by atoms with E-state index in [9.17, 15) is 9.59 Å². The first-order chi connectivity index (χ1) is 11.7. The Balaban J connectivity index is 1.48. The van der Waals surface area contributed by atoms with Crippen molar-refractivity contribution in [3.63, 3.8) is 0 Å². The van der Waals surface area contributed by atoms with E-state index < -0.39 is 0 Å². The van der Waals surface area contributed by atoms with Gasteiger partial charge in [0, 0.05) is 18.7 Å². The highest BCUT2D eigenvalue weighted by atomic mass is 16.2. The minimum absolute atomic E-state index is 0.00402. The quantitative estimate of drug-likeness (QED) is 0.920. The molecule has 4 rings (SSSR count). The predicted molar refractivity (Wildman–Crippen MR) is 87.3 cm³/mol. The highest BCUT2D eigenvalue weighted by Gasteiger charge is 2.28. The Hall–Kier alpha value is -2.70. The summed E-state index contributed by atoms with van der Waals surface area (Å²) in [7, 11) is 0. The van der Waals surface area contributed by atoms with Crippen molar-refractivity contribution < 1.29 is 9.59 Å². The topological polar surface area (TPSA) is 80.1 Å². The van der Waals surface area contributed by atoms with Gasteiger partial charge in [-0.2, -0.15) is 5.10 Å². The van der Waals surface area contributed by atoms with Crippen LogP contribution >= 0.6 is 0 Å². The summed E-state index contributed by atoms with van der Waals surface area (Å²) in [5.74, 6) is 0.622. The van der Waals surface area contributed by atoms with Gasteiger partial charge in [0.15, 0.2) is 0 Å². The Morgan fingerprint density at radius 3 is 3.08 bits per heavy atom. The monoisotopic (exact) mass is 325 g/mol. The Labute approximate surface area is 139 Å². The SMILES string of the molecule is O=C(CN1C(=O)CCc2ccccc21)NC1CCCn2ncnc21. The number of carbonyl (C=O) groups is 2. The highest BCUT2D eigenvalue weighted by Crippen LogP contribution is 2.27. The van der Waals surface area contributed by atoms with E-state index in [1.165, 1.54) is 6.33 Å². The van der Waals surface area contributed by atoms with Crippen LogP contribution in [-0.4, -0.2) is 33.1 Å². The zero-order chi connectivity index (χ0) is 16.5. The zero-order valence-corrected chi connectivity index (χ0v) is 13.3. The van der Waals surface area contributed by atoms with E-state index in [1.807, 2.05) is 28.9 Å². The summed E-state index contributed by atoms with van der Waals surface area (Å²) < 4.78 is 1.83. The lowest BCUT2D eigenvalue weighted by Gasteiger charge is -2.30. The first kappa shape index (κ1) is 14.9. The molecule has 0 spiro atoms. The number of rotatable bonds is 3. The van der Waals surface area contributed by atoms with Crippen molar-refractivity contribution in [2.45, 2.75) is 38.3 Å². The molecule has 2 amide bonds. The van der Waals surface area contributed by atoms with Gasteiger partial charge >= 0.3 is 0 Å². The van der Waals surface area contributed by atoms with E-state index in [1.54, 1.807) is 4.90 Å². The van der Waals surface area contributed by atoms with Crippen LogP contribution in [0, 0.1) is 0 Å². The van der Waals surface area contributed by atoms with Crippen molar-refractivity contribution in [2.24, 2.45) is 0 Å². The van der Waals surface area contributed by atoms with Gasteiger partial charge in [0.05, 0.1) is 6.04 Å². The lowest BCUT2D eigenvalue weighted by Crippen LogP contribution is -2.44. The fourth-order valence-electron chi connectivity index (χ4n) is 3.48. The van der Waals surface area contributed by atoms with E-state index in [0.717, 1.165) is 42.9 Å². The number of amides is 2. The van der Waals surface area contributed by atoms with Crippen LogP contribution < -0.4 is 10.2 Å². The van der Waals surface area contributed by atoms with Crippen LogP contribution in [0.1, 0.15) is 36.7 Å². The van der Waals surface area contributed by atoms with Crippen LogP contribution in [-0.2, 0) is 22.6 Å². The summed E-state index contributed by atoms with van der Waals surface area (Å²) in [6, 6.07) is 7.63. The van der Waals surface area contributed by atoms with Gasteiger partial charge in [-0.25, -0.2) is 9.67 Å². The van der Waals surface area contributed by atoms with Crippen molar-refractivity contribution in [1.29, 1.82) is 0 Å². The third-order valence-corrected chi connectivity index (χ3v) is 4.65. The Morgan fingerprint density at radius 1 is 1.29 bits per heavy atom. The van der Waals surface area contributed by atoms with E-state index in [4.69, 9.17) is 0 Å². The molecule has 124 valence electrons. The maximum Gasteiger partial charge on any atom is 0.240 e. The number of carbonyl (C=O) groups excluding carboxylic acids is 2. The predicted octanol–water partition coefficient (Wildman–Crippen LogP) is 1.21. The number of hydrogen-bond acceptors (Lipinski definition) is 4. The van der Waals surface area contributed by atoms with Gasteiger partial charge in [-0.1, -0.05) is 18.2 Å². The van der Waals surface area contributed by atoms with Crippen LogP contribution in [0.15, 0.2) is 30.6 Å². The Bertz CT molecular complexity index is 785. The van der Waals surface area contributed by atoms with Gasteiger partial charge in [0.1, 0.15) is 18.7 Å². The first-order valence-corrected chi connectivity index (χ1v) is 8.28. The average molecular weight is 325 g/mol. The van der Waals surface area contributed by atoms with Crippen LogP contribution in [0.4, 0.5) is 5.69 Å². The van der Waals surface area contributed by atoms with Crippen LogP contribution in [0.5, 0.6) is 0 Å². The van der Waals surface area contributed by atoms with Gasteiger partial charge in [0.25, 0.3) is 0 Å². The molecule has 0 aliphatic carbocycles. The molecule has 7 nitrogen and oxygen atoms in total. The molecule has 0 saturated heterocycles. The standard InChI is InChI=1S/C17H19N5O2/c23-15(20-13-5-3-9-22-17(13)18-11-19-22)10-21-14-6-2-1-4-12(14)7-8-16(21)24/h1-2,4,6,11,13H,3,5,7-10H2,(H,20,23). The Morgan fingerprint density at radius 2 is 2.17 bits per heavy atom. The number of nitrogens with zero attached hydrogens (tertiary/aromatic N) is 4. The molecule has 1 atom stereocenters. The van der Waals surface area contributed by atoms with Crippen LogP contribution in [0.3, 0.4) is 0 Å². The maximum absolute atomic E-state index is 12.5. The molecular formula is C17H19N5O2. The number of fused-ring (bicyclic) bond motifs is 2. The van der Waals surface area contributed by atoms with Crippen molar-refractivity contribution in [1.82, 2.24) is 20.1 Å². The minimum Gasteiger partial charge on any atom is -0.345 e. The maximum atomic E-state index is 12.5. The lowest BCUT2D eigenvalue weighted by atomic mass is 10.0. The van der Waals surface area contributed by atoms with Gasteiger partial charge in [0.2, 0.25) is 11.8 Å². The molecule has 0 fully saturated rings. The van der Waals surface area contributed by atoms with Gasteiger partial charge in [-0.15, -0.1) is 0 Å². The lowest BCUT2D eigenvalue weighted by molar-refractivity contribution is -0.124. The van der Waals surface area contributed by atoms with Gasteiger partial charge in [-0.3, -0.25) is 9.59 Å². The molecule has 0 radical (unpaired) electrons. The highest BCUT2D eigenvalue weighted by molar-refractivity contribution is 6.01. The molecule has 2 aliphatic rings. The summed E-state index contributed by atoms with van der Waals surface area (Å²) in [5.41, 5.74) is 1.96. The average Bonchev–Trinajstić information content (AvgIpc) is 3.07. The van der Waals surface area contributed by atoms with E-state index in [-0.39, 0.29) is 24.4 Å². The second-order valence-corrected chi connectivity index (χ2v) is 6.21. The van der Waals surface area contributed by atoms with E-state index >= 15 is 0 Å². The fraction of sp³-hybridized carbons (Fsp3) is 0.412. The molecule has 0 bridgehead atoms. The smallest absolute Gasteiger partial charge is 0.240 e. The largest absolute Gasteiger partial charge is 0.345 e. The molecule has 2 aliphatic heterocycles. The number of aromatic nitrogens is 3. The number of para-hydroxylation sites is 1. The van der Waals surface area contributed by atoms with Crippen LogP contribution in [0.2, 0.25) is 0 Å². The summed E-state index contributed by atoms with van der Waals surface area (Å²) in [6.07, 6.45) is 4.49. The molecule has 0 saturated carbocycles. The van der Waals surface area contributed by atoms with Crippen molar-refractivity contribution in [2.75, 3.05) is 11.4 Å². The fourth-order valence-corrected chi connectivity index (χ4v) is 3.48. The zero-order valence-electron chi connectivity index (χ0n) is 13.3. The molecule has 1 aromatic carbocycles. The molecule has 2 aromatic rings. The van der Waals surface area contributed by atoms with E-state index in [2.05, 4.69) is 15.4 Å². The second-order valence-electron chi connectivity index (χ2n) is 6.21. The molecule has 1 unspecified atom stereocenters. The third kappa shape index (κ3) is 2.66. The van der Waals surface area contributed by atoms with E-state index in [0.29, 0.717) is 6.42 Å². The molecule has 1 aromatic heterocycles. The summed E-state index contributed by atoms with van der Waals surface area (Å²) in [5, 5.41) is 7.17. The van der Waals surface area contributed by atoms with Gasteiger partial charge in [-0.05, 0) is 30.9 Å². The summed E-state index contributed by atoms with van der Waals surface area (Å²) in [4.78, 5) is 30.6. The minimum atomic E-state index is -0.165. The molecule has 1 N–H and O–H groups in total. The van der Waals surface area contributed by atoms with Crippen molar-refractivity contribution in [3.8, 4) is 0 Å². The number of aryl methyl sites for hydroxylation is 2. The number of benzene rings is 1. The van der Waals surface area contributed by atoms with Crippen molar-refractivity contribution >= 4 is 17.5 Å². The first-order valence-electron chi connectivity index (χ1n) is 8.28. The molecule has 24 heavy (non-hydrogen) atoms. The number of anilines is 1. The molecule has 3 heterocycles. The van der Waals surface area contributed by atoms with Gasteiger partial charge < -0.3 is 10.2 Å².